The Bertz CT molecular complexity index is 569. The van der Waals surface area contributed by atoms with Crippen LogP contribution in [0.15, 0.2) is 18.2 Å². The third-order valence-electron chi connectivity index (χ3n) is 4.18. The molecular weight excluding hydrogens is 292 g/mol. The maximum atomic E-state index is 13.7. The third-order valence-corrected chi connectivity index (χ3v) is 4.18. The van der Waals surface area contributed by atoms with E-state index in [9.17, 15) is 18.4 Å². The number of esters is 1. The van der Waals surface area contributed by atoms with Crippen LogP contribution in [0.3, 0.4) is 0 Å². The van der Waals surface area contributed by atoms with Gasteiger partial charge in [0.1, 0.15) is 17.7 Å². The second-order valence-corrected chi connectivity index (χ2v) is 5.50. The molecule has 4 nitrogen and oxygen atoms in total. The first kappa shape index (κ1) is 16.5. The van der Waals surface area contributed by atoms with Gasteiger partial charge in [-0.05, 0) is 51.1 Å². The van der Waals surface area contributed by atoms with Crippen molar-refractivity contribution in [3.05, 3.63) is 35.4 Å². The summed E-state index contributed by atoms with van der Waals surface area (Å²) in [7, 11) is 1.34. The Balaban J connectivity index is 2.01. The zero-order chi connectivity index (χ0) is 16.3. The van der Waals surface area contributed by atoms with E-state index in [-0.39, 0.29) is 29.3 Å². The van der Waals surface area contributed by atoms with Crippen molar-refractivity contribution < 1.29 is 23.1 Å². The quantitative estimate of drug-likeness (QED) is 0.633. The van der Waals surface area contributed by atoms with Crippen molar-refractivity contribution in [3.8, 4) is 0 Å². The number of Topliss-reactive ketones (excluding diaryl/α,β-unsaturated/α-hetero) is 1. The molecule has 120 valence electrons. The molecule has 1 atom stereocenters. The number of carbonyl (C=O) groups excluding carboxylic acids is 2. The predicted octanol–water partition coefficient (Wildman–Crippen LogP) is 2.42. The smallest absolute Gasteiger partial charge is 0.322 e. The van der Waals surface area contributed by atoms with Crippen LogP contribution in [0, 0.1) is 17.6 Å². The molecule has 1 aromatic carbocycles. The van der Waals surface area contributed by atoms with Gasteiger partial charge >= 0.3 is 5.97 Å². The number of ether oxygens (including phenoxy) is 1. The number of piperidine rings is 1. The van der Waals surface area contributed by atoms with Gasteiger partial charge < -0.3 is 4.74 Å². The lowest BCUT2D eigenvalue weighted by Crippen LogP contribution is -2.45. The number of ketones is 1. The number of benzene rings is 1. The molecule has 0 unspecified atom stereocenters. The summed E-state index contributed by atoms with van der Waals surface area (Å²) in [6.07, 6.45) is 1.02. The van der Waals surface area contributed by atoms with E-state index in [0.29, 0.717) is 25.9 Å². The van der Waals surface area contributed by atoms with Crippen molar-refractivity contribution >= 4 is 11.8 Å². The molecule has 0 amide bonds. The highest BCUT2D eigenvalue weighted by molar-refractivity contribution is 5.98. The summed E-state index contributed by atoms with van der Waals surface area (Å²) in [6.45, 7) is 2.84. The van der Waals surface area contributed by atoms with Gasteiger partial charge in [0.2, 0.25) is 0 Å². The van der Waals surface area contributed by atoms with E-state index in [0.717, 1.165) is 18.2 Å². The Kier molecular flexibility index (Phi) is 5.24. The highest BCUT2D eigenvalue weighted by Crippen LogP contribution is 2.24. The van der Waals surface area contributed by atoms with E-state index in [1.807, 2.05) is 4.90 Å². The molecule has 1 aliphatic heterocycles. The van der Waals surface area contributed by atoms with Gasteiger partial charge in [-0.1, -0.05) is 0 Å². The van der Waals surface area contributed by atoms with Gasteiger partial charge in [-0.2, -0.15) is 0 Å². The predicted molar refractivity (Wildman–Crippen MR) is 76.5 cm³/mol. The van der Waals surface area contributed by atoms with Crippen molar-refractivity contribution in [2.24, 2.45) is 5.92 Å². The second-order valence-electron chi connectivity index (χ2n) is 5.50. The molecule has 1 heterocycles. The lowest BCUT2D eigenvalue weighted by atomic mass is 9.88. The largest absolute Gasteiger partial charge is 0.468 e. The summed E-state index contributed by atoms with van der Waals surface area (Å²) in [5.74, 6) is -2.36. The summed E-state index contributed by atoms with van der Waals surface area (Å²) in [5.41, 5.74) is -0.195. The van der Waals surface area contributed by atoms with E-state index in [2.05, 4.69) is 0 Å². The zero-order valence-corrected chi connectivity index (χ0v) is 12.6. The summed E-state index contributed by atoms with van der Waals surface area (Å²) in [5, 5.41) is 0. The van der Waals surface area contributed by atoms with E-state index in [1.165, 1.54) is 7.11 Å². The van der Waals surface area contributed by atoms with Gasteiger partial charge in [0.25, 0.3) is 0 Å². The lowest BCUT2D eigenvalue weighted by Gasteiger charge is -2.34. The third kappa shape index (κ3) is 3.50. The normalized spacial score (nSPS) is 18.0. The van der Waals surface area contributed by atoms with Crippen molar-refractivity contribution in [1.29, 1.82) is 0 Å². The van der Waals surface area contributed by atoms with Crippen LogP contribution in [0.1, 0.15) is 30.1 Å². The summed E-state index contributed by atoms with van der Waals surface area (Å²) in [6, 6.07) is 2.54. The first-order valence-corrected chi connectivity index (χ1v) is 7.25. The highest BCUT2D eigenvalue weighted by atomic mass is 19.1. The molecule has 0 N–H and O–H groups in total. The molecule has 0 aliphatic carbocycles. The molecule has 0 bridgehead atoms. The van der Waals surface area contributed by atoms with Crippen molar-refractivity contribution in [1.82, 2.24) is 4.90 Å². The molecule has 0 spiro atoms. The fourth-order valence-electron chi connectivity index (χ4n) is 2.77. The Hall–Kier alpha value is -1.82. The molecular formula is C16H19F2NO3. The molecule has 1 aromatic rings. The Morgan fingerprint density at radius 1 is 1.27 bits per heavy atom. The SMILES string of the molecule is COC(=O)[C@H](C)N1CCC(C(=O)c2cc(F)ccc2F)CC1. The molecule has 22 heavy (non-hydrogen) atoms. The van der Waals surface area contributed by atoms with Crippen LogP contribution in [-0.2, 0) is 9.53 Å². The number of hydrogen-bond donors (Lipinski definition) is 0. The van der Waals surface area contributed by atoms with Gasteiger partial charge in [-0.25, -0.2) is 8.78 Å². The van der Waals surface area contributed by atoms with E-state index < -0.39 is 11.6 Å². The second kappa shape index (κ2) is 6.96. The number of halogens is 2. The molecule has 6 heteroatoms. The highest BCUT2D eigenvalue weighted by Gasteiger charge is 2.31. The fourth-order valence-corrected chi connectivity index (χ4v) is 2.77. The molecule has 0 saturated carbocycles. The maximum Gasteiger partial charge on any atom is 0.322 e. The van der Waals surface area contributed by atoms with Crippen molar-refractivity contribution in [2.75, 3.05) is 20.2 Å². The van der Waals surface area contributed by atoms with Gasteiger partial charge in [0.05, 0.1) is 12.7 Å². The molecule has 0 radical (unpaired) electrons. The molecule has 1 saturated heterocycles. The number of likely N-dealkylation sites (tertiary alicyclic amines) is 1. The minimum atomic E-state index is -0.697. The van der Waals surface area contributed by atoms with Crippen LogP contribution in [0.4, 0.5) is 8.78 Å². The van der Waals surface area contributed by atoms with Crippen LogP contribution in [0.5, 0.6) is 0 Å². The van der Waals surface area contributed by atoms with E-state index in [4.69, 9.17) is 4.74 Å². The Labute approximate surface area is 128 Å². The minimum Gasteiger partial charge on any atom is -0.468 e. The summed E-state index contributed by atoms with van der Waals surface area (Å²) >= 11 is 0. The van der Waals surface area contributed by atoms with Gasteiger partial charge in [0, 0.05) is 5.92 Å². The summed E-state index contributed by atoms with van der Waals surface area (Å²) in [4.78, 5) is 25.8. The van der Waals surface area contributed by atoms with Crippen LogP contribution in [0.2, 0.25) is 0 Å². The van der Waals surface area contributed by atoms with Crippen LogP contribution in [0.25, 0.3) is 0 Å². The number of hydrogen-bond acceptors (Lipinski definition) is 4. The first-order valence-electron chi connectivity index (χ1n) is 7.25. The van der Waals surface area contributed by atoms with Crippen LogP contribution >= 0.6 is 0 Å². The van der Waals surface area contributed by atoms with Crippen molar-refractivity contribution in [2.45, 2.75) is 25.8 Å². The number of carbonyl (C=O) groups is 2. The zero-order valence-electron chi connectivity index (χ0n) is 12.6. The number of nitrogens with zero attached hydrogens (tertiary/aromatic N) is 1. The topological polar surface area (TPSA) is 46.6 Å². The lowest BCUT2D eigenvalue weighted by molar-refractivity contribution is -0.146. The van der Waals surface area contributed by atoms with Crippen molar-refractivity contribution in [3.63, 3.8) is 0 Å². The van der Waals surface area contributed by atoms with E-state index in [1.54, 1.807) is 6.92 Å². The average Bonchev–Trinajstić information content (AvgIpc) is 2.55. The minimum absolute atomic E-state index is 0.195. The maximum absolute atomic E-state index is 13.7. The first-order chi connectivity index (χ1) is 10.4. The molecule has 1 fully saturated rings. The van der Waals surface area contributed by atoms with Gasteiger partial charge in [-0.15, -0.1) is 0 Å². The monoisotopic (exact) mass is 311 g/mol. The Morgan fingerprint density at radius 3 is 2.50 bits per heavy atom. The van der Waals surface area contributed by atoms with Gasteiger partial charge in [0.15, 0.2) is 5.78 Å². The van der Waals surface area contributed by atoms with Gasteiger partial charge in [-0.3, -0.25) is 14.5 Å². The molecule has 0 aromatic heterocycles. The van der Waals surface area contributed by atoms with Crippen LogP contribution < -0.4 is 0 Å². The van der Waals surface area contributed by atoms with Crippen LogP contribution in [-0.4, -0.2) is 42.9 Å². The fraction of sp³-hybridized carbons (Fsp3) is 0.500. The molecule has 1 aliphatic rings. The Morgan fingerprint density at radius 2 is 1.91 bits per heavy atom. The average molecular weight is 311 g/mol. The number of rotatable bonds is 4. The molecule has 2 rings (SSSR count). The standard InChI is InChI=1S/C16H19F2NO3/c1-10(16(21)22-2)19-7-5-11(6-8-19)15(20)13-9-12(17)3-4-14(13)18/h3-4,9-11H,5-8H2,1-2H3/t10-/m0/s1. The number of methoxy groups -OCH3 is 1. The summed E-state index contributed by atoms with van der Waals surface area (Å²) < 4.78 is 31.6. The van der Waals surface area contributed by atoms with E-state index >= 15 is 0 Å².